The van der Waals surface area contributed by atoms with Gasteiger partial charge >= 0.3 is 0 Å². The standard InChI is InChI=1S/C14H18ClN3O/c1-10(2)14-16-7-13(12(6-15)17-14)18(3)8-11-4-5-19-9-11/h4-5,7,9-10H,6,8H2,1-3H3. The van der Waals surface area contributed by atoms with Crippen LogP contribution in [0.3, 0.4) is 0 Å². The van der Waals surface area contributed by atoms with Crippen LogP contribution in [-0.4, -0.2) is 17.0 Å². The lowest BCUT2D eigenvalue weighted by molar-refractivity contribution is 0.563. The molecule has 4 nitrogen and oxygen atoms in total. The molecule has 0 saturated heterocycles. The fourth-order valence-corrected chi connectivity index (χ4v) is 2.06. The van der Waals surface area contributed by atoms with E-state index in [-0.39, 0.29) is 0 Å². The zero-order valence-corrected chi connectivity index (χ0v) is 12.2. The normalized spacial score (nSPS) is 11.0. The van der Waals surface area contributed by atoms with Crippen molar-refractivity contribution in [1.29, 1.82) is 0 Å². The van der Waals surface area contributed by atoms with E-state index in [9.17, 15) is 0 Å². The number of halogens is 1. The first-order valence-electron chi connectivity index (χ1n) is 6.25. The molecule has 102 valence electrons. The van der Waals surface area contributed by atoms with Crippen LogP contribution in [0.2, 0.25) is 0 Å². The highest BCUT2D eigenvalue weighted by molar-refractivity contribution is 6.17. The molecule has 2 heterocycles. The molecule has 2 aromatic heterocycles. The number of hydrogen-bond acceptors (Lipinski definition) is 4. The Morgan fingerprint density at radius 1 is 1.42 bits per heavy atom. The fraction of sp³-hybridized carbons (Fsp3) is 0.429. The number of nitrogens with zero attached hydrogens (tertiary/aromatic N) is 3. The smallest absolute Gasteiger partial charge is 0.131 e. The van der Waals surface area contributed by atoms with Crippen LogP contribution in [0.15, 0.2) is 29.2 Å². The van der Waals surface area contributed by atoms with Gasteiger partial charge in [0.25, 0.3) is 0 Å². The van der Waals surface area contributed by atoms with E-state index in [1.807, 2.05) is 19.3 Å². The maximum Gasteiger partial charge on any atom is 0.131 e. The SMILES string of the molecule is CC(C)c1ncc(N(C)Cc2ccoc2)c(CCl)n1. The predicted molar refractivity (Wildman–Crippen MR) is 76.5 cm³/mol. The van der Waals surface area contributed by atoms with Gasteiger partial charge in [0, 0.05) is 25.1 Å². The summed E-state index contributed by atoms with van der Waals surface area (Å²) in [6.45, 7) is 4.88. The van der Waals surface area contributed by atoms with Gasteiger partial charge < -0.3 is 9.32 Å². The van der Waals surface area contributed by atoms with Gasteiger partial charge in [0.2, 0.25) is 0 Å². The minimum absolute atomic E-state index is 0.301. The number of aromatic nitrogens is 2. The van der Waals surface area contributed by atoms with E-state index in [2.05, 4.69) is 28.7 Å². The molecule has 0 fully saturated rings. The monoisotopic (exact) mass is 279 g/mol. The molecule has 0 aromatic carbocycles. The molecule has 0 N–H and O–H groups in total. The molecule has 5 heteroatoms. The number of anilines is 1. The highest BCUT2D eigenvalue weighted by atomic mass is 35.5. The van der Waals surface area contributed by atoms with Crippen molar-refractivity contribution >= 4 is 17.3 Å². The molecule has 0 saturated carbocycles. The van der Waals surface area contributed by atoms with Gasteiger partial charge in [0.05, 0.1) is 36.0 Å². The van der Waals surface area contributed by atoms with E-state index in [0.717, 1.165) is 29.3 Å². The summed E-state index contributed by atoms with van der Waals surface area (Å²) in [4.78, 5) is 11.0. The van der Waals surface area contributed by atoms with E-state index in [1.54, 1.807) is 12.5 Å². The fourth-order valence-electron chi connectivity index (χ4n) is 1.86. The highest BCUT2D eigenvalue weighted by Gasteiger charge is 2.13. The molecule has 0 amide bonds. The quantitative estimate of drug-likeness (QED) is 0.785. The Morgan fingerprint density at radius 3 is 2.79 bits per heavy atom. The molecule has 0 aliphatic rings. The number of rotatable bonds is 5. The Hall–Kier alpha value is -1.55. The van der Waals surface area contributed by atoms with E-state index in [0.29, 0.717) is 11.8 Å². The summed E-state index contributed by atoms with van der Waals surface area (Å²) in [5.74, 6) is 1.51. The van der Waals surface area contributed by atoms with E-state index >= 15 is 0 Å². The second-order valence-corrected chi connectivity index (χ2v) is 5.10. The average molecular weight is 280 g/mol. The summed E-state index contributed by atoms with van der Waals surface area (Å²) >= 11 is 6.00. The lowest BCUT2D eigenvalue weighted by Gasteiger charge is -2.21. The van der Waals surface area contributed by atoms with Crippen molar-refractivity contribution in [3.8, 4) is 0 Å². The minimum atomic E-state index is 0.301. The van der Waals surface area contributed by atoms with Gasteiger partial charge in [0.15, 0.2) is 0 Å². The first kappa shape index (κ1) is 13.9. The third-order valence-electron chi connectivity index (χ3n) is 2.92. The molecule has 0 aliphatic carbocycles. The Bertz CT molecular complexity index is 525. The number of furan rings is 1. The van der Waals surface area contributed by atoms with Crippen LogP contribution in [0.1, 0.15) is 36.8 Å². The minimum Gasteiger partial charge on any atom is -0.472 e. The van der Waals surface area contributed by atoms with Crippen LogP contribution in [-0.2, 0) is 12.4 Å². The van der Waals surface area contributed by atoms with Crippen molar-refractivity contribution in [1.82, 2.24) is 9.97 Å². The first-order chi connectivity index (χ1) is 9.11. The van der Waals surface area contributed by atoms with Gasteiger partial charge in [-0.05, 0) is 6.07 Å². The van der Waals surface area contributed by atoms with E-state index in [4.69, 9.17) is 16.0 Å². The maximum absolute atomic E-state index is 6.00. The van der Waals surface area contributed by atoms with Gasteiger partial charge in [-0.25, -0.2) is 9.97 Å². The zero-order valence-electron chi connectivity index (χ0n) is 11.4. The molecule has 0 atom stereocenters. The predicted octanol–water partition coefficient (Wildman–Crippen LogP) is 3.57. The van der Waals surface area contributed by atoms with Crippen molar-refractivity contribution in [3.63, 3.8) is 0 Å². The van der Waals surface area contributed by atoms with Gasteiger partial charge in [-0.2, -0.15) is 0 Å². The van der Waals surface area contributed by atoms with Crippen LogP contribution in [0.5, 0.6) is 0 Å². The summed E-state index contributed by atoms with van der Waals surface area (Å²) in [6, 6.07) is 1.94. The molecule has 2 aromatic rings. The van der Waals surface area contributed by atoms with Gasteiger partial charge in [-0.1, -0.05) is 13.8 Å². The lowest BCUT2D eigenvalue weighted by atomic mass is 10.2. The number of hydrogen-bond donors (Lipinski definition) is 0. The van der Waals surface area contributed by atoms with E-state index in [1.165, 1.54) is 0 Å². The third-order valence-corrected chi connectivity index (χ3v) is 3.17. The van der Waals surface area contributed by atoms with Crippen LogP contribution in [0, 0.1) is 0 Å². The topological polar surface area (TPSA) is 42.2 Å². The first-order valence-corrected chi connectivity index (χ1v) is 6.79. The second kappa shape index (κ2) is 6.06. The molecule has 0 radical (unpaired) electrons. The molecule has 19 heavy (non-hydrogen) atoms. The molecule has 0 bridgehead atoms. The Labute approximate surface area is 118 Å². The molecule has 0 spiro atoms. The summed E-state index contributed by atoms with van der Waals surface area (Å²) < 4.78 is 5.07. The van der Waals surface area contributed by atoms with Gasteiger partial charge in [0.1, 0.15) is 5.82 Å². The summed E-state index contributed by atoms with van der Waals surface area (Å²) in [6.07, 6.45) is 5.25. The second-order valence-electron chi connectivity index (χ2n) is 4.84. The van der Waals surface area contributed by atoms with Crippen LogP contribution < -0.4 is 4.90 Å². The zero-order chi connectivity index (χ0) is 13.8. The summed E-state index contributed by atoms with van der Waals surface area (Å²) in [5, 5.41) is 0. The largest absolute Gasteiger partial charge is 0.472 e. The van der Waals surface area contributed by atoms with Crippen molar-refractivity contribution in [2.75, 3.05) is 11.9 Å². The van der Waals surface area contributed by atoms with Crippen molar-refractivity contribution in [2.24, 2.45) is 0 Å². The molecule has 0 aliphatic heterocycles. The highest BCUT2D eigenvalue weighted by Crippen LogP contribution is 2.22. The van der Waals surface area contributed by atoms with E-state index < -0.39 is 0 Å². The van der Waals surface area contributed by atoms with Crippen LogP contribution in [0.25, 0.3) is 0 Å². The Balaban J connectivity index is 2.23. The third kappa shape index (κ3) is 3.26. The van der Waals surface area contributed by atoms with Gasteiger partial charge in [-0.15, -0.1) is 11.6 Å². The molecule has 0 unspecified atom stereocenters. The lowest BCUT2D eigenvalue weighted by Crippen LogP contribution is -2.19. The Kier molecular flexibility index (Phi) is 4.43. The summed E-state index contributed by atoms with van der Waals surface area (Å²) in [7, 11) is 2.00. The van der Waals surface area contributed by atoms with Crippen molar-refractivity contribution < 1.29 is 4.42 Å². The molecular formula is C14H18ClN3O. The molecular weight excluding hydrogens is 262 g/mol. The average Bonchev–Trinajstić information content (AvgIpc) is 2.90. The van der Waals surface area contributed by atoms with Crippen LogP contribution >= 0.6 is 11.6 Å². The molecule has 2 rings (SSSR count). The van der Waals surface area contributed by atoms with Crippen molar-refractivity contribution in [2.45, 2.75) is 32.2 Å². The maximum atomic E-state index is 6.00. The number of alkyl halides is 1. The summed E-state index contributed by atoms with van der Waals surface area (Å²) in [5.41, 5.74) is 2.93. The van der Waals surface area contributed by atoms with Crippen molar-refractivity contribution in [3.05, 3.63) is 41.9 Å². The Morgan fingerprint density at radius 2 is 2.21 bits per heavy atom. The van der Waals surface area contributed by atoms with Crippen LogP contribution in [0.4, 0.5) is 5.69 Å². The van der Waals surface area contributed by atoms with Gasteiger partial charge in [-0.3, -0.25) is 0 Å².